The maximum Gasteiger partial charge on any atom is 0.172 e. The van der Waals surface area contributed by atoms with Crippen molar-refractivity contribution in [3.05, 3.63) is 47.9 Å². The van der Waals surface area contributed by atoms with Gasteiger partial charge < -0.3 is 16.4 Å². The maximum atomic E-state index is 13.0. The first-order valence-corrected chi connectivity index (χ1v) is 9.54. The number of fused-ring (bicyclic) bond motifs is 1. The SMILES string of the molecule is Nc1sc2cccnc2c1C(=O)Cc1cnccc1N1CCC[C@H](N)C1. The normalized spacial score (nSPS) is 17.6. The van der Waals surface area contributed by atoms with E-state index in [4.69, 9.17) is 11.5 Å². The molecule has 0 aromatic carbocycles. The van der Waals surface area contributed by atoms with Gasteiger partial charge in [0.15, 0.2) is 5.78 Å². The summed E-state index contributed by atoms with van der Waals surface area (Å²) in [5.74, 6) is -0.0250. The van der Waals surface area contributed by atoms with Crippen molar-refractivity contribution in [1.82, 2.24) is 9.97 Å². The van der Waals surface area contributed by atoms with Crippen LogP contribution in [0, 0.1) is 0 Å². The zero-order valence-electron chi connectivity index (χ0n) is 14.4. The van der Waals surface area contributed by atoms with E-state index in [0.29, 0.717) is 16.1 Å². The van der Waals surface area contributed by atoms with Gasteiger partial charge in [-0.2, -0.15) is 0 Å². The van der Waals surface area contributed by atoms with E-state index in [1.807, 2.05) is 18.2 Å². The highest BCUT2D eigenvalue weighted by Gasteiger charge is 2.23. The number of nitrogens with two attached hydrogens (primary N) is 2. The van der Waals surface area contributed by atoms with Gasteiger partial charge in [-0.15, -0.1) is 11.3 Å². The molecule has 0 bridgehead atoms. The summed E-state index contributed by atoms with van der Waals surface area (Å²) in [5, 5.41) is 0.522. The van der Waals surface area contributed by atoms with Gasteiger partial charge in [-0.05, 0) is 31.0 Å². The number of carbonyl (C=O) groups excluding carboxylic acids is 1. The highest BCUT2D eigenvalue weighted by Crippen LogP contribution is 2.33. The Morgan fingerprint density at radius 2 is 2.23 bits per heavy atom. The minimum atomic E-state index is -0.0250. The van der Waals surface area contributed by atoms with E-state index in [1.54, 1.807) is 18.6 Å². The number of nitrogen functional groups attached to an aromatic ring is 1. The quantitative estimate of drug-likeness (QED) is 0.688. The average Bonchev–Trinajstić information content (AvgIpc) is 2.98. The number of hydrogen-bond acceptors (Lipinski definition) is 7. The van der Waals surface area contributed by atoms with Crippen molar-refractivity contribution < 1.29 is 4.79 Å². The van der Waals surface area contributed by atoms with Crippen LogP contribution in [0.25, 0.3) is 10.2 Å². The number of ketones is 1. The van der Waals surface area contributed by atoms with E-state index >= 15 is 0 Å². The highest BCUT2D eigenvalue weighted by molar-refractivity contribution is 7.23. The molecule has 1 saturated heterocycles. The second-order valence-electron chi connectivity index (χ2n) is 6.64. The van der Waals surface area contributed by atoms with Crippen LogP contribution in [0.2, 0.25) is 0 Å². The molecule has 0 aliphatic carbocycles. The molecule has 0 radical (unpaired) electrons. The number of rotatable bonds is 4. The molecule has 26 heavy (non-hydrogen) atoms. The molecule has 7 heteroatoms. The van der Waals surface area contributed by atoms with E-state index in [0.717, 1.165) is 41.9 Å². The van der Waals surface area contributed by atoms with Crippen LogP contribution in [-0.2, 0) is 6.42 Å². The lowest BCUT2D eigenvalue weighted by atomic mass is 10.0. The number of nitrogens with zero attached hydrogens (tertiary/aromatic N) is 3. The standard InChI is InChI=1S/C19H21N5OS/c20-13-3-2-8-24(11-13)14-5-7-22-10-12(14)9-15(25)17-18-16(26-19(17)21)4-1-6-23-18/h1,4-7,10,13H,2-3,8-9,11,20-21H2/t13-/m0/s1. The second-order valence-corrected chi connectivity index (χ2v) is 7.73. The van der Waals surface area contributed by atoms with Gasteiger partial charge in [0.25, 0.3) is 0 Å². The number of Topliss-reactive ketones (excluding diaryl/α,β-unsaturated/α-hetero) is 1. The molecule has 3 aromatic heterocycles. The molecule has 0 spiro atoms. The summed E-state index contributed by atoms with van der Waals surface area (Å²) in [7, 11) is 0. The molecule has 6 nitrogen and oxygen atoms in total. The van der Waals surface area contributed by atoms with Crippen LogP contribution in [0.1, 0.15) is 28.8 Å². The van der Waals surface area contributed by atoms with Gasteiger partial charge in [-0.3, -0.25) is 14.8 Å². The minimum Gasteiger partial charge on any atom is -0.390 e. The molecule has 3 aromatic rings. The Balaban J connectivity index is 1.65. The van der Waals surface area contributed by atoms with Crippen molar-refractivity contribution >= 4 is 38.0 Å². The number of hydrogen-bond donors (Lipinski definition) is 2. The molecule has 1 aliphatic heterocycles. The van der Waals surface area contributed by atoms with Gasteiger partial charge in [0.2, 0.25) is 0 Å². The maximum absolute atomic E-state index is 13.0. The third-order valence-electron chi connectivity index (χ3n) is 4.78. The number of thiophene rings is 1. The van der Waals surface area contributed by atoms with Crippen molar-refractivity contribution in [2.45, 2.75) is 25.3 Å². The Kier molecular flexibility index (Phi) is 4.57. The average molecular weight is 367 g/mol. The molecule has 4 heterocycles. The smallest absolute Gasteiger partial charge is 0.172 e. The van der Waals surface area contributed by atoms with Gasteiger partial charge in [0.05, 0.1) is 20.8 Å². The zero-order valence-corrected chi connectivity index (χ0v) is 15.2. The predicted molar refractivity (Wildman–Crippen MR) is 106 cm³/mol. The summed E-state index contributed by atoms with van der Waals surface area (Å²) in [5.41, 5.74) is 15.4. The lowest BCUT2D eigenvalue weighted by Gasteiger charge is -2.33. The van der Waals surface area contributed by atoms with Gasteiger partial charge in [0.1, 0.15) is 0 Å². The Hall–Kier alpha value is -2.51. The summed E-state index contributed by atoms with van der Waals surface area (Å²) in [6.07, 6.45) is 7.57. The summed E-state index contributed by atoms with van der Waals surface area (Å²) in [6, 6.07) is 5.92. The van der Waals surface area contributed by atoms with E-state index in [2.05, 4.69) is 14.9 Å². The molecule has 1 atom stereocenters. The first-order chi connectivity index (χ1) is 12.6. The summed E-state index contributed by atoms with van der Waals surface area (Å²) in [6.45, 7) is 1.75. The molecule has 0 saturated carbocycles. The molecule has 1 fully saturated rings. The summed E-state index contributed by atoms with van der Waals surface area (Å²) < 4.78 is 0.932. The number of aromatic nitrogens is 2. The van der Waals surface area contributed by atoms with Gasteiger partial charge in [0, 0.05) is 55.4 Å². The highest BCUT2D eigenvalue weighted by atomic mass is 32.1. The fourth-order valence-electron chi connectivity index (χ4n) is 3.57. The molecule has 4 rings (SSSR count). The molecular formula is C19H21N5OS. The summed E-state index contributed by atoms with van der Waals surface area (Å²) >= 11 is 1.40. The van der Waals surface area contributed by atoms with Crippen LogP contribution in [-0.4, -0.2) is 34.9 Å². The van der Waals surface area contributed by atoms with Crippen LogP contribution in [0.5, 0.6) is 0 Å². The van der Waals surface area contributed by atoms with E-state index in [-0.39, 0.29) is 18.2 Å². The first-order valence-electron chi connectivity index (χ1n) is 8.73. The Labute approximate surface area is 155 Å². The molecule has 0 unspecified atom stereocenters. The third-order valence-corrected chi connectivity index (χ3v) is 5.75. The van der Waals surface area contributed by atoms with Crippen LogP contribution < -0.4 is 16.4 Å². The van der Waals surface area contributed by atoms with Crippen LogP contribution in [0.15, 0.2) is 36.8 Å². The van der Waals surface area contributed by atoms with E-state index < -0.39 is 0 Å². The summed E-state index contributed by atoms with van der Waals surface area (Å²) in [4.78, 5) is 23.9. The van der Waals surface area contributed by atoms with Crippen molar-refractivity contribution in [3.63, 3.8) is 0 Å². The monoisotopic (exact) mass is 367 g/mol. The van der Waals surface area contributed by atoms with E-state index in [9.17, 15) is 4.79 Å². The third kappa shape index (κ3) is 3.15. The fourth-order valence-corrected chi connectivity index (χ4v) is 4.52. The van der Waals surface area contributed by atoms with Crippen molar-refractivity contribution in [1.29, 1.82) is 0 Å². The minimum absolute atomic E-state index is 0.0250. The topological polar surface area (TPSA) is 98.1 Å². The van der Waals surface area contributed by atoms with Gasteiger partial charge in [-0.1, -0.05) is 0 Å². The number of carbonyl (C=O) groups is 1. The molecule has 1 aliphatic rings. The molecule has 0 amide bonds. The lowest BCUT2D eigenvalue weighted by Crippen LogP contribution is -2.43. The van der Waals surface area contributed by atoms with Crippen molar-refractivity contribution in [3.8, 4) is 0 Å². The first kappa shape index (κ1) is 16.9. The van der Waals surface area contributed by atoms with Crippen molar-refractivity contribution in [2.75, 3.05) is 23.7 Å². The Bertz CT molecular complexity index is 954. The van der Waals surface area contributed by atoms with Crippen LogP contribution in [0.4, 0.5) is 10.7 Å². The predicted octanol–water partition coefficient (Wildman–Crippen LogP) is 2.63. The van der Waals surface area contributed by atoms with Gasteiger partial charge in [-0.25, -0.2) is 0 Å². The Morgan fingerprint density at radius 3 is 3.08 bits per heavy atom. The second kappa shape index (κ2) is 7.01. The number of anilines is 2. The molecule has 4 N–H and O–H groups in total. The fraction of sp³-hybridized carbons (Fsp3) is 0.316. The lowest BCUT2D eigenvalue weighted by molar-refractivity contribution is 0.0995. The van der Waals surface area contributed by atoms with E-state index in [1.165, 1.54) is 11.3 Å². The zero-order chi connectivity index (χ0) is 18.1. The molecule has 134 valence electrons. The van der Waals surface area contributed by atoms with Crippen LogP contribution in [0.3, 0.4) is 0 Å². The number of piperidine rings is 1. The molecular weight excluding hydrogens is 346 g/mol. The number of pyridine rings is 2. The van der Waals surface area contributed by atoms with Crippen LogP contribution >= 0.6 is 11.3 Å². The largest absolute Gasteiger partial charge is 0.390 e. The van der Waals surface area contributed by atoms with Gasteiger partial charge >= 0.3 is 0 Å². The van der Waals surface area contributed by atoms with Crippen molar-refractivity contribution in [2.24, 2.45) is 5.73 Å². The Morgan fingerprint density at radius 1 is 1.35 bits per heavy atom.